The molecular formula is C31H44O. The summed E-state index contributed by atoms with van der Waals surface area (Å²) in [6, 6.07) is 18.0. The van der Waals surface area contributed by atoms with E-state index in [1.807, 2.05) is 6.92 Å². The minimum absolute atomic E-state index is 0.719. The summed E-state index contributed by atoms with van der Waals surface area (Å²) < 4.78 is 5.58. The van der Waals surface area contributed by atoms with E-state index in [0.29, 0.717) is 0 Å². The maximum Gasteiger partial charge on any atom is 0.119 e. The third-order valence-electron chi connectivity index (χ3n) is 8.32. The van der Waals surface area contributed by atoms with Gasteiger partial charge in [-0.3, -0.25) is 0 Å². The standard InChI is InChI=1S/C31H44O/c1-3-5-6-7-8-9-24-10-11-30-23-29(17-16-28(30)22-24)27-14-12-25(13-15-27)26-18-20-31(21-19-26)32-4-2/h12-15,18-21,24,28-30H,3-11,16-17,22-23H2,1-2H3/t24?,28-,29-,30-/m1/s1. The van der Waals surface area contributed by atoms with Gasteiger partial charge in [0.15, 0.2) is 0 Å². The van der Waals surface area contributed by atoms with Crippen molar-refractivity contribution in [3.63, 3.8) is 0 Å². The van der Waals surface area contributed by atoms with Crippen LogP contribution in [0.3, 0.4) is 0 Å². The highest BCUT2D eigenvalue weighted by Gasteiger charge is 2.35. The molecule has 2 fully saturated rings. The van der Waals surface area contributed by atoms with Crippen molar-refractivity contribution in [1.29, 1.82) is 0 Å². The molecule has 1 unspecified atom stereocenters. The van der Waals surface area contributed by atoms with Crippen LogP contribution in [0.1, 0.15) is 102 Å². The molecule has 2 aliphatic rings. The first-order valence-corrected chi connectivity index (χ1v) is 13.6. The first kappa shape index (κ1) is 23.4. The molecule has 2 aliphatic carbocycles. The van der Waals surface area contributed by atoms with Gasteiger partial charge in [-0.15, -0.1) is 0 Å². The van der Waals surface area contributed by atoms with Crippen molar-refractivity contribution in [3.8, 4) is 16.9 Å². The van der Waals surface area contributed by atoms with Gasteiger partial charge in [0.2, 0.25) is 0 Å². The highest BCUT2D eigenvalue weighted by atomic mass is 16.5. The predicted octanol–water partition coefficient (Wildman–Crippen LogP) is 9.41. The van der Waals surface area contributed by atoms with Gasteiger partial charge in [0.1, 0.15) is 5.75 Å². The normalized spacial score (nSPS) is 25.3. The van der Waals surface area contributed by atoms with E-state index in [2.05, 4.69) is 55.5 Å². The number of rotatable bonds is 10. The van der Waals surface area contributed by atoms with E-state index in [4.69, 9.17) is 4.74 Å². The molecule has 0 radical (unpaired) electrons. The van der Waals surface area contributed by atoms with Crippen LogP contribution in [-0.4, -0.2) is 6.61 Å². The fraction of sp³-hybridized carbons (Fsp3) is 0.613. The summed E-state index contributed by atoms with van der Waals surface area (Å²) in [5.74, 6) is 4.76. The molecule has 174 valence electrons. The Kier molecular flexibility index (Phi) is 8.71. The van der Waals surface area contributed by atoms with Crippen molar-refractivity contribution < 1.29 is 4.74 Å². The Balaban J connectivity index is 1.27. The molecule has 0 heterocycles. The van der Waals surface area contributed by atoms with E-state index in [1.165, 1.54) is 88.2 Å². The lowest BCUT2D eigenvalue weighted by Gasteiger charge is -2.42. The van der Waals surface area contributed by atoms with Crippen molar-refractivity contribution in [2.24, 2.45) is 17.8 Å². The molecule has 1 nitrogen and oxygen atoms in total. The van der Waals surface area contributed by atoms with Gasteiger partial charge in [0, 0.05) is 0 Å². The Morgan fingerprint density at radius 3 is 2.06 bits per heavy atom. The fourth-order valence-corrected chi connectivity index (χ4v) is 6.45. The van der Waals surface area contributed by atoms with Gasteiger partial charge >= 0.3 is 0 Å². The molecule has 2 saturated carbocycles. The topological polar surface area (TPSA) is 9.23 Å². The van der Waals surface area contributed by atoms with Crippen molar-refractivity contribution in [2.75, 3.05) is 6.61 Å². The first-order valence-electron chi connectivity index (χ1n) is 13.6. The summed E-state index contributed by atoms with van der Waals surface area (Å²) in [6.45, 7) is 5.06. The van der Waals surface area contributed by atoms with E-state index in [1.54, 1.807) is 5.56 Å². The SMILES string of the molecule is CCCCCCCC1CC[C@@H]2C[C@H](c3ccc(-c4ccc(OCC)cc4)cc3)CC[C@@H]2C1. The maximum absolute atomic E-state index is 5.58. The average molecular weight is 433 g/mol. The molecule has 0 N–H and O–H groups in total. The zero-order valence-corrected chi connectivity index (χ0v) is 20.5. The summed E-state index contributed by atoms with van der Waals surface area (Å²) in [5, 5.41) is 0. The first-order chi connectivity index (χ1) is 15.8. The van der Waals surface area contributed by atoms with E-state index >= 15 is 0 Å². The Labute approximate surface area is 197 Å². The summed E-state index contributed by atoms with van der Waals surface area (Å²) in [6.07, 6.45) is 17.5. The number of fused-ring (bicyclic) bond motifs is 1. The number of ether oxygens (including phenoxy) is 1. The summed E-state index contributed by atoms with van der Waals surface area (Å²) in [4.78, 5) is 0. The van der Waals surface area contributed by atoms with Crippen LogP contribution in [0.4, 0.5) is 0 Å². The molecule has 4 rings (SSSR count). The van der Waals surface area contributed by atoms with Crippen molar-refractivity contribution >= 4 is 0 Å². The monoisotopic (exact) mass is 432 g/mol. The summed E-state index contributed by atoms with van der Waals surface area (Å²) >= 11 is 0. The van der Waals surface area contributed by atoms with Gasteiger partial charge in [0.25, 0.3) is 0 Å². The molecule has 4 atom stereocenters. The zero-order valence-electron chi connectivity index (χ0n) is 20.5. The van der Waals surface area contributed by atoms with Crippen LogP contribution < -0.4 is 4.74 Å². The third kappa shape index (κ3) is 6.18. The molecule has 2 aromatic carbocycles. The van der Waals surface area contributed by atoms with E-state index in [9.17, 15) is 0 Å². The van der Waals surface area contributed by atoms with Gasteiger partial charge in [-0.1, -0.05) is 88.3 Å². The van der Waals surface area contributed by atoms with Crippen LogP contribution in [0.5, 0.6) is 5.75 Å². The van der Waals surface area contributed by atoms with Crippen LogP contribution in [0.25, 0.3) is 11.1 Å². The molecule has 0 aromatic heterocycles. The third-order valence-corrected chi connectivity index (χ3v) is 8.32. The Morgan fingerprint density at radius 1 is 0.688 bits per heavy atom. The van der Waals surface area contributed by atoms with Crippen LogP contribution in [-0.2, 0) is 0 Å². The quantitative estimate of drug-likeness (QED) is 0.340. The van der Waals surface area contributed by atoms with Gasteiger partial charge in [-0.25, -0.2) is 0 Å². The van der Waals surface area contributed by atoms with E-state index in [0.717, 1.165) is 36.0 Å². The Hall–Kier alpha value is -1.76. The smallest absolute Gasteiger partial charge is 0.119 e. The second-order valence-corrected chi connectivity index (χ2v) is 10.5. The second-order valence-electron chi connectivity index (χ2n) is 10.5. The van der Waals surface area contributed by atoms with Crippen LogP contribution >= 0.6 is 0 Å². The van der Waals surface area contributed by atoms with Gasteiger partial charge in [0.05, 0.1) is 6.61 Å². The highest BCUT2D eigenvalue weighted by molar-refractivity contribution is 5.64. The number of benzene rings is 2. The number of hydrogen-bond donors (Lipinski definition) is 0. The number of unbranched alkanes of at least 4 members (excludes halogenated alkanes) is 4. The van der Waals surface area contributed by atoms with Crippen LogP contribution in [0, 0.1) is 17.8 Å². The van der Waals surface area contributed by atoms with Crippen molar-refractivity contribution in [2.45, 2.75) is 96.8 Å². The predicted molar refractivity (Wildman–Crippen MR) is 137 cm³/mol. The molecule has 0 saturated heterocycles. The molecule has 1 heteroatoms. The minimum atomic E-state index is 0.719. The Bertz CT molecular complexity index is 790. The lowest BCUT2D eigenvalue weighted by molar-refractivity contribution is 0.113. The largest absolute Gasteiger partial charge is 0.494 e. The molecule has 0 bridgehead atoms. The molecular weight excluding hydrogens is 388 g/mol. The summed E-state index contributed by atoms with van der Waals surface area (Å²) in [5.41, 5.74) is 4.15. The fourth-order valence-electron chi connectivity index (χ4n) is 6.45. The van der Waals surface area contributed by atoms with Crippen molar-refractivity contribution in [3.05, 3.63) is 54.1 Å². The molecule has 2 aromatic rings. The average Bonchev–Trinajstić information content (AvgIpc) is 2.84. The second kappa shape index (κ2) is 11.9. The summed E-state index contributed by atoms with van der Waals surface area (Å²) in [7, 11) is 0. The maximum atomic E-state index is 5.58. The molecule has 0 spiro atoms. The van der Waals surface area contributed by atoms with Crippen LogP contribution in [0.2, 0.25) is 0 Å². The molecule has 32 heavy (non-hydrogen) atoms. The highest BCUT2D eigenvalue weighted by Crippen LogP contribution is 2.48. The van der Waals surface area contributed by atoms with E-state index < -0.39 is 0 Å². The van der Waals surface area contributed by atoms with Crippen LogP contribution in [0.15, 0.2) is 48.5 Å². The Morgan fingerprint density at radius 2 is 1.34 bits per heavy atom. The van der Waals surface area contributed by atoms with Gasteiger partial charge in [-0.2, -0.15) is 0 Å². The van der Waals surface area contributed by atoms with Gasteiger partial charge in [-0.05, 0) is 91.5 Å². The lowest BCUT2D eigenvalue weighted by Crippen LogP contribution is -2.30. The van der Waals surface area contributed by atoms with E-state index in [-0.39, 0.29) is 0 Å². The van der Waals surface area contributed by atoms with Gasteiger partial charge < -0.3 is 4.74 Å². The van der Waals surface area contributed by atoms with Crippen molar-refractivity contribution in [1.82, 2.24) is 0 Å². The molecule has 0 aliphatic heterocycles. The number of hydrogen-bond acceptors (Lipinski definition) is 1. The molecule has 0 amide bonds. The lowest BCUT2D eigenvalue weighted by atomic mass is 9.63. The minimum Gasteiger partial charge on any atom is -0.494 e. The zero-order chi connectivity index (χ0) is 22.2.